The van der Waals surface area contributed by atoms with Gasteiger partial charge < -0.3 is 20.0 Å². The number of nitrogens with zero attached hydrogens (tertiary/aromatic N) is 4. The van der Waals surface area contributed by atoms with Gasteiger partial charge in [0.2, 0.25) is 0 Å². The molecular weight excluding hydrogens is 528 g/mol. The van der Waals surface area contributed by atoms with Crippen LogP contribution in [0.2, 0.25) is 0 Å². The minimum atomic E-state index is -0.103. The van der Waals surface area contributed by atoms with Gasteiger partial charge in [0.05, 0.1) is 11.4 Å². The number of aromatic hydroxyl groups is 2. The van der Waals surface area contributed by atoms with Crippen molar-refractivity contribution in [2.45, 2.75) is 18.9 Å². The molecule has 2 saturated heterocycles. The van der Waals surface area contributed by atoms with Crippen LogP contribution in [0.15, 0.2) is 91.0 Å². The molecule has 2 fully saturated rings. The van der Waals surface area contributed by atoms with Crippen molar-refractivity contribution in [2.24, 2.45) is 0 Å². The molecule has 0 atom stereocenters. The van der Waals surface area contributed by atoms with Crippen LogP contribution in [0, 0.1) is 0 Å². The molecule has 0 spiro atoms. The van der Waals surface area contributed by atoms with E-state index >= 15 is 0 Å². The molecule has 0 radical (unpaired) electrons. The number of likely N-dealkylation sites (tertiary alicyclic amines) is 1. The number of pyridine rings is 1. The maximum atomic E-state index is 13.8. The fourth-order valence-electron chi connectivity index (χ4n) is 5.98. The molecular formula is C34H34N4O4. The van der Waals surface area contributed by atoms with Crippen LogP contribution >= 0.6 is 0 Å². The van der Waals surface area contributed by atoms with E-state index in [0.29, 0.717) is 47.2 Å². The summed E-state index contributed by atoms with van der Waals surface area (Å²) in [5.41, 5.74) is 3.16. The zero-order valence-electron chi connectivity index (χ0n) is 23.4. The number of aromatic nitrogens is 1. The summed E-state index contributed by atoms with van der Waals surface area (Å²) in [6.07, 6.45) is 1.84. The largest absolute Gasteiger partial charge is 0.507 e. The molecule has 0 aliphatic carbocycles. The van der Waals surface area contributed by atoms with Gasteiger partial charge in [0.25, 0.3) is 11.8 Å². The van der Waals surface area contributed by atoms with Crippen molar-refractivity contribution in [3.8, 4) is 34.0 Å². The number of piperazine rings is 1. The van der Waals surface area contributed by atoms with E-state index in [1.165, 1.54) is 0 Å². The number of hydrogen-bond donors (Lipinski definition) is 2. The van der Waals surface area contributed by atoms with Crippen molar-refractivity contribution >= 4 is 11.8 Å². The first-order chi connectivity index (χ1) is 20.5. The van der Waals surface area contributed by atoms with Gasteiger partial charge in [0.1, 0.15) is 11.5 Å². The highest BCUT2D eigenvalue weighted by Gasteiger charge is 2.31. The molecule has 8 nitrogen and oxygen atoms in total. The molecule has 1 aromatic heterocycles. The number of piperidine rings is 1. The number of phenolic OH excluding ortho intramolecular Hbond substituents is 2. The van der Waals surface area contributed by atoms with E-state index in [-0.39, 0.29) is 23.3 Å². The molecule has 42 heavy (non-hydrogen) atoms. The second-order valence-corrected chi connectivity index (χ2v) is 10.9. The van der Waals surface area contributed by atoms with E-state index < -0.39 is 0 Å². The third-order valence-electron chi connectivity index (χ3n) is 8.32. The fraction of sp³-hybridized carbons (Fsp3) is 0.265. The van der Waals surface area contributed by atoms with Crippen LogP contribution in [-0.4, -0.2) is 87.0 Å². The molecule has 8 heteroatoms. The Labute approximate surface area is 245 Å². The summed E-state index contributed by atoms with van der Waals surface area (Å²) in [7, 11) is 0. The summed E-state index contributed by atoms with van der Waals surface area (Å²) in [5, 5.41) is 21.0. The van der Waals surface area contributed by atoms with Crippen LogP contribution in [0.5, 0.6) is 11.5 Å². The SMILES string of the molecule is O=C(c1ccccc1)N1CCC(N2CCN(C(=O)c3cc(-c4ccccc4O)nc(-c4ccccc4O)c3)CC2)CC1. The van der Waals surface area contributed by atoms with Gasteiger partial charge in [0.15, 0.2) is 0 Å². The lowest BCUT2D eigenvalue weighted by Gasteiger charge is -2.42. The molecule has 2 aliphatic heterocycles. The van der Waals surface area contributed by atoms with Crippen LogP contribution in [0.4, 0.5) is 0 Å². The van der Waals surface area contributed by atoms with E-state index in [4.69, 9.17) is 4.98 Å². The van der Waals surface area contributed by atoms with Crippen LogP contribution in [0.1, 0.15) is 33.6 Å². The van der Waals surface area contributed by atoms with Crippen LogP contribution in [0.25, 0.3) is 22.5 Å². The lowest BCUT2D eigenvalue weighted by molar-refractivity contribution is 0.0412. The first-order valence-corrected chi connectivity index (χ1v) is 14.4. The fourth-order valence-corrected chi connectivity index (χ4v) is 5.98. The minimum Gasteiger partial charge on any atom is -0.507 e. The maximum absolute atomic E-state index is 13.8. The van der Waals surface area contributed by atoms with Crippen LogP contribution in [0.3, 0.4) is 0 Å². The van der Waals surface area contributed by atoms with Gasteiger partial charge in [-0.15, -0.1) is 0 Å². The number of rotatable bonds is 5. The Kier molecular flexibility index (Phi) is 7.88. The summed E-state index contributed by atoms with van der Waals surface area (Å²) >= 11 is 0. The van der Waals surface area contributed by atoms with Gasteiger partial charge in [-0.1, -0.05) is 42.5 Å². The molecule has 3 heterocycles. The predicted octanol–water partition coefficient (Wildman–Crippen LogP) is 4.89. The topological polar surface area (TPSA) is 97.2 Å². The Morgan fingerprint density at radius 1 is 0.595 bits per heavy atom. The van der Waals surface area contributed by atoms with Gasteiger partial charge in [-0.2, -0.15) is 0 Å². The number of amides is 2. The molecule has 0 bridgehead atoms. The first kappa shape index (κ1) is 27.5. The molecule has 2 N–H and O–H groups in total. The van der Waals surface area contributed by atoms with E-state index in [9.17, 15) is 19.8 Å². The number of benzene rings is 3. The van der Waals surface area contributed by atoms with Gasteiger partial charge in [0, 0.05) is 67.6 Å². The standard InChI is InChI=1S/C34H34N4O4/c39-31-12-6-4-10-27(31)29-22-25(23-30(35-29)28-11-5-7-13-32(28)40)34(42)38-20-18-36(19-21-38)26-14-16-37(17-15-26)33(41)24-8-2-1-3-9-24/h1-13,22-23,26,39-40H,14-21H2. The van der Waals surface area contributed by atoms with Crippen molar-refractivity contribution in [3.05, 3.63) is 102 Å². The average Bonchev–Trinajstić information content (AvgIpc) is 3.05. The summed E-state index contributed by atoms with van der Waals surface area (Å²) in [4.78, 5) is 37.6. The molecule has 6 rings (SSSR count). The smallest absolute Gasteiger partial charge is 0.254 e. The van der Waals surface area contributed by atoms with Gasteiger partial charge in [-0.3, -0.25) is 14.5 Å². The molecule has 214 valence electrons. The van der Waals surface area contributed by atoms with Gasteiger partial charge >= 0.3 is 0 Å². The molecule has 0 saturated carbocycles. The van der Waals surface area contributed by atoms with Gasteiger partial charge in [-0.05, 0) is 61.4 Å². The van der Waals surface area contributed by atoms with Crippen molar-refractivity contribution in [1.82, 2.24) is 19.7 Å². The predicted molar refractivity (Wildman–Crippen MR) is 161 cm³/mol. The zero-order chi connectivity index (χ0) is 29.1. The monoisotopic (exact) mass is 562 g/mol. The quantitative estimate of drug-likeness (QED) is 0.360. The molecule has 2 aliphatic rings. The zero-order valence-corrected chi connectivity index (χ0v) is 23.4. The molecule has 0 unspecified atom stereocenters. The van der Waals surface area contributed by atoms with Crippen LogP contribution < -0.4 is 0 Å². The van der Waals surface area contributed by atoms with E-state index in [1.54, 1.807) is 48.5 Å². The molecule has 2 amide bonds. The minimum absolute atomic E-state index is 0.0722. The van der Waals surface area contributed by atoms with Gasteiger partial charge in [-0.25, -0.2) is 4.98 Å². The number of carbonyl (C=O) groups is 2. The average molecular weight is 563 g/mol. The van der Waals surface area contributed by atoms with E-state index in [1.807, 2.05) is 52.3 Å². The van der Waals surface area contributed by atoms with Crippen molar-refractivity contribution in [2.75, 3.05) is 39.3 Å². The number of carbonyl (C=O) groups excluding carboxylic acids is 2. The van der Waals surface area contributed by atoms with E-state index in [2.05, 4.69) is 4.90 Å². The van der Waals surface area contributed by atoms with Crippen molar-refractivity contribution in [3.63, 3.8) is 0 Å². The highest BCUT2D eigenvalue weighted by atomic mass is 16.3. The molecule has 4 aromatic rings. The summed E-state index contributed by atoms with van der Waals surface area (Å²) in [6.45, 7) is 4.21. The number of para-hydroxylation sites is 2. The summed E-state index contributed by atoms with van der Waals surface area (Å²) in [5.74, 6) is 0.132. The Morgan fingerprint density at radius 3 is 1.62 bits per heavy atom. The highest BCUT2D eigenvalue weighted by molar-refractivity contribution is 5.97. The van der Waals surface area contributed by atoms with Crippen molar-refractivity contribution < 1.29 is 19.8 Å². The third kappa shape index (κ3) is 5.71. The Balaban J connectivity index is 1.14. The molecule has 3 aromatic carbocycles. The second-order valence-electron chi connectivity index (χ2n) is 10.9. The van der Waals surface area contributed by atoms with Crippen LogP contribution in [-0.2, 0) is 0 Å². The Morgan fingerprint density at radius 2 is 1.07 bits per heavy atom. The lowest BCUT2D eigenvalue weighted by Crippen LogP contribution is -2.54. The number of hydrogen-bond acceptors (Lipinski definition) is 6. The Bertz CT molecular complexity index is 1510. The van der Waals surface area contributed by atoms with E-state index in [0.717, 1.165) is 44.6 Å². The summed E-state index contributed by atoms with van der Waals surface area (Å²) in [6, 6.07) is 27.1. The lowest BCUT2D eigenvalue weighted by atomic mass is 10.0. The first-order valence-electron chi connectivity index (χ1n) is 14.4. The number of phenols is 2. The van der Waals surface area contributed by atoms with Crippen molar-refractivity contribution in [1.29, 1.82) is 0 Å². The highest BCUT2D eigenvalue weighted by Crippen LogP contribution is 2.33. The Hall–Kier alpha value is -4.69. The second kappa shape index (κ2) is 12.0. The normalized spacial score (nSPS) is 16.4. The maximum Gasteiger partial charge on any atom is 0.254 e. The third-order valence-corrected chi connectivity index (χ3v) is 8.32. The summed E-state index contributed by atoms with van der Waals surface area (Å²) < 4.78 is 0.